The normalized spacial score (nSPS) is 12.4. The minimum Gasteiger partial charge on any atom is -0.322 e. The molecule has 0 aliphatic rings. The number of anilines is 1. The Hall–Kier alpha value is -3.24. The lowest BCUT2D eigenvalue weighted by atomic mass is 10.0. The van der Waals surface area contributed by atoms with E-state index in [2.05, 4.69) is 15.3 Å². The minimum atomic E-state index is -5.06. The van der Waals surface area contributed by atoms with Gasteiger partial charge in [-0.1, -0.05) is 0 Å². The van der Waals surface area contributed by atoms with E-state index in [9.17, 15) is 35.9 Å². The van der Waals surface area contributed by atoms with Crippen LogP contribution < -0.4 is 11.0 Å². The Kier molecular flexibility index (Phi) is 4.25. The number of alkyl halides is 6. The van der Waals surface area contributed by atoms with Gasteiger partial charge in [-0.2, -0.15) is 26.3 Å². The highest BCUT2D eigenvalue weighted by atomic mass is 19.4. The van der Waals surface area contributed by atoms with Crippen LogP contribution in [0.2, 0.25) is 0 Å². The summed E-state index contributed by atoms with van der Waals surface area (Å²) < 4.78 is 77.2. The zero-order chi connectivity index (χ0) is 20.0. The maximum absolute atomic E-state index is 12.9. The number of rotatable bonds is 2. The molecule has 0 saturated heterocycles. The van der Waals surface area contributed by atoms with E-state index in [4.69, 9.17) is 0 Å². The number of H-pyrrole nitrogens is 2. The van der Waals surface area contributed by atoms with E-state index in [1.54, 1.807) is 0 Å². The molecular weight excluding hydrogens is 380 g/mol. The molecule has 0 fully saturated rings. The molecule has 11 heteroatoms. The van der Waals surface area contributed by atoms with Crippen LogP contribution in [0.1, 0.15) is 21.5 Å². The Morgan fingerprint density at radius 2 is 1.37 bits per heavy atom. The van der Waals surface area contributed by atoms with Gasteiger partial charge in [-0.15, -0.1) is 0 Å². The summed E-state index contributed by atoms with van der Waals surface area (Å²) in [5.74, 6) is -1.16. The maximum atomic E-state index is 12.9. The van der Waals surface area contributed by atoms with Crippen LogP contribution in [0.3, 0.4) is 0 Å². The smallest absolute Gasteiger partial charge is 0.322 e. The van der Waals surface area contributed by atoms with Gasteiger partial charge in [-0.05, 0) is 36.4 Å². The molecule has 1 amide bonds. The number of carbonyl (C=O) groups excluding carboxylic acids is 1. The highest BCUT2D eigenvalue weighted by molar-refractivity contribution is 6.05. The summed E-state index contributed by atoms with van der Waals surface area (Å²) in [6, 6.07) is 4.66. The monoisotopic (exact) mass is 389 g/mol. The molecule has 1 heterocycles. The number of amides is 1. The first-order chi connectivity index (χ1) is 12.4. The van der Waals surface area contributed by atoms with Crippen molar-refractivity contribution in [2.24, 2.45) is 0 Å². The van der Waals surface area contributed by atoms with Crippen molar-refractivity contribution in [2.75, 3.05) is 5.32 Å². The van der Waals surface area contributed by atoms with Crippen molar-refractivity contribution in [2.45, 2.75) is 12.4 Å². The highest BCUT2D eigenvalue weighted by Crippen LogP contribution is 2.36. The predicted molar refractivity (Wildman–Crippen MR) is 83.3 cm³/mol. The van der Waals surface area contributed by atoms with Gasteiger partial charge in [0.05, 0.1) is 22.2 Å². The fourth-order valence-corrected chi connectivity index (χ4v) is 2.40. The second-order valence-electron chi connectivity index (χ2n) is 5.59. The van der Waals surface area contributed by atoms with Crippen LogP contribution in [0, 0.1) is 0 Å². The fraction of sp³-hybridized carbons (Fsp3) is 0.125. The standard InChI is InChI=1S/C16H9F6N3O2/c17-15(18,19)8-3-7(4-9(5-8)16(20,21)22)13(26)23-10-1-2-11-12(6-10)25-14(27)24-11/h1-6H,(H,23,26)(H2,24,25,27). The van der Waals surface area contributed by atoms with Crippen LogP contribution >= 0.6 is 0 Å². The third-order valence-electron chi connectivity index (χ3n) is 3.62. The molecule has 0 bridgehead atoms. The topological polar surface area (TPSA) is 77.8 Å². The molecule has 0 radical (unpaired) electrons. The van der Waals surface area contributed by atoms with E-state index in [0.717, 1.165) is 0 Å². The number of aromatic amines is 2. The van der Waals surface area contributed by atoms with Crippen molar-refractivity contribution in [3.8, 4) is 0 Å². The third kappa shape index (κ3) is 3.96. The van der Waals surface area contributed by atoms with Crippen molar-refractivity contribution in [1.82, 2.24) is 9.97 Å². The van der Waals surface area contributed by atoms with Gasteiger partial charge in [0.15, 0.2) is 0 Å². The molecule has 5 nitrogen and oxygen atoms in total. The Balaban J connectivity index is 1.98. The van der Waals surface area contributed by atoms with Gasteiger partial charge < -0.3 is 15.3 Å². The van der Waals surface area contributed by atoms with Crippen molar-refractivity contribution in [3.63, 3.8) is 0 Å². The largest absolute Gasteiger partial charge is 0.416 e. The molecule has 27 heavy (non-hydrogen) atoms. The van der Waals surface area contributed by atoms with E-state index in [-0.39, 0.29) is 11.8 Å². The summed E-state index contributed by atoms with van der Waals surface area (Å²) in [6.45, 7) is 0. The Labute approximate surface area is 146 Å². The third-order valence-corrected chi connectivity index (χ3v) is 3.62. The van der Waals surface area contributed by atoms with Gasteiger partial charge in [0.1, 0.15) is 0 Å². The molecular formula is C16H9F6N3O2. The summed E-state index contributed by atoms with van der Waals surface area (Å²) in [5, 5.41) is 2.21. The number of hydrogen-bond donors (Lipinski definition) is 3. The van der Waals surface area contributed by atoms with E-state index < -0.39 is 40.6 Å². The molecule has 0 aliphatic heterocycles. The number of nitrogens with one attached hydrogen (secondary N) is 3. The van der Waals surface area contributed by atoms with Crippen LogP contribution in [0.4, 0.5) is 32.0 Å². The van der Waals surface area contributed by atoms with Gasteiger partial charge in [0.2, 0.25) is 0 Å². The fourth-order valence-electron chi connectivity index (χ4n) is 2.40. The molecule has 1 aromatic heterocycles. The van der Waals surface area contributed by atoms with Crippen LogP contribution in [0.15, 0.2) is 41.2 Å². The zero-order valence-electron chi connectivity index (χ0n) is 13.0. The van der Waals surface area contributed by atoms with Crippen LogP contribution in [-0.4, -0.2) is 15.9 Å². The zero-order valence-corrected chi connectivity index (χ0v) is 13.0. The molecule has 0 aliphatic carbocycles. The number of carbonyl (C=O) groups is 1. The SMILES string of the molecule is O=C(Nc1ccc2[nH]c(=O)[nH]c2c1)c1cc(C(F)(F)F)cc(C(F)(F)F)c1. The number of halogens is 6. The van der Waals surface area contributed by atoms with Crippen molar-refractivity contribution in [1.29, 1.82) is 0 Å². The van der Waals surface area contributed by atoms with E-state index >= 15 is 0 Å². The Morgan fingerprint density at radius 1 is 0.815 bits per heavy atom. The van der Waals surface area contributed by atoms with E-state index in [1.807, 2.05) is 0 Å². The average molecular weight is 389 g/mol. The molecule has 142 valence electrons. The quantitative estimate of drug-likeness (QED) is 0.576. The van der Waals surface area contributed by atoms with Crippen LogP contribution in [-0.2, 0) is 12.4 Å². The lowest BCUT2D eigenvalue weighted by Crippen LogP contribution is -2.17. The average Bonchev–Trinajstić information content (AvgIpc) is 2.92. The lowest BCUT2D eigenvalue weighted by molar-refractivity contribution is -0.143. The molecule has 2 aromatic carbocycles. The summed E-state index contributed by atoms with van der Waals surface area (Å²) in [6.07, 6.45) is -10.1. The van der Waals surface area contributed by atoms with Gasteiger partial charge in [0.25, 0.3) is 5.91 Å². The van der Waals surface area contributed by atoms with Crippen molar-refractivity contribution >= 4 is 22.6 Å². The lowest BCUT2D eigenvalue weighted by Gasteiger charge is -2.14. The van der Waals surface area contributed by atoms with Crippen LogP contribution in [0.25, 0.3) is 11.0 Å². The minimum absolute atomic E-state index is 0.0621. The Morgan fingerprint density at radius 3 is 1.93 bits per heavy atom. The predicted octanol–water partition coefficient (Wildman–Crippen LogP) is 4.15. The van der Waals surface area contributed by atoms with Gasteiger partial charge in [-0.3, -0.25) is 4.79 Å². The molecule has 3 aromatic rings. The first kappa shape index (κ1) is 18.5. The molecule has 0 unspecified atom stereocenters. The molecule has 3 rings (SSSR count). The summed E-state index contributed by atoms with van der Waals surface area (Å²) in [4.78, 5) is 28.2. The number of aromatic nitrogens is 2. The number of fused-ring (bicyclic) bond motifs is 1. The van der Waals surface area contributed by atoms with Crippen LogP contribution in [0.5, 0.6) is 0 Å². The second kappa shape index (κ2) is 6.18. The first-order valence-corrected chi connectivity index (χ1v) is 7.26. The van der Waals surface area contributed by atoms with Gasteiger partial charge >= 0.3 is 18.0 Å². The first-order valence-electron chi connectivity index (χ1n) is 7.26. The summed E-state index contributed by atoms with van der Waals surface area (Å²) in [5.41, 5.74) is -3.70. The molecule has 0 saturated carbocycles. The van der Waals surface area contributed by atoms with Gasteiger partial charge in [-0.25, -0.2) is 4.79 Å². The summed E-state index contributed by atoms with van der Waals surface area (Å²) in [7, 11) is 0. The van der Waals surface area contributed by atoms with Crippen molar-refractivity contribution < 1.29 is 31.1 Å². The highest BCUT2D eigenvalue weighted by Gasteiger charge is 2.37. The van der Waals surface area contributed by atoms with Gasteiger partial charge in [0, 0.05) is 11.3 Å². The van der Waals surface area contributed by atoms with E-state index in [0.29, 0.717) is 23.2 Å². The molecule has 0 spiro atoms. The number of imidazole rings is 1. The second-order valence-corrected chi connectivity index (χ2v) is 5.59. The Bertz CT molecular complexity index is 1050. The van der Waals surface area contributed by atoms with Crippen molar-refractivity contribution in [3.05, 3.63) is 63.6 Å². The summed E-state index contributed by atoms with van der Waals surface area (Å²) >= 11 is 0. The number of benzene rings is 2. The maximum Gasteiger partial charge on any atom is 0.416 e. The molecule has 0 atom stereocenters. The molecule has 3 N–H and O–H groups in total. The van der Waals surface area contributed by atoms with E-state index in [1.165, 1.54) is 18.2 Å². The number of hydrogen-bond acceptors (Lipinski definition) is 2.